The number of carbonyl (C=O) groups is 1. The Morgan fingerprint density at radius 3 is 1.88 bits per heavy atom. The number of esters is 1. The molecule has 0 heterocycles. The Kier molecular flexibility index (Phi) is 4.62. The molecule has 0 fully saturated rings. The summed E-state index contributed by atoms with van der Waals surface area (Å²) in [5, 5.41) is 0. The molecule has 0 amide bonds. The van der Waals surface area contributed by atoms with E-state index in [1.807, 2.05) is 72.8 Å². The summed E-state index contributed by atoms with van der Waals surface area (Å²) in [7, 11) is 3.00. The molecule has 0 aliphatic carbocycles. The van der Waals surface area contributed by atoms with Crippen molar-refractivity contribution in [3.8, 4) is 28.0 Å². The zero-order valence-electron chi connectivity index (χ0n) is 13.7. The highest BCUT2D eigenvalue weighted by atomic mass is 16.5. The molecule has 3 nitrogen and oxygen atoms in total. The maximum absolute atomic E-state index is 12.6. The van der Waals surface area contributed by atoms with Crippen LogP contribution in [0.15, 0.2) is 72.8 Å². The van der Waals surface area contributed by atoms with Crippen molar-refractivity contribution >= 4 is 5.97 Å². The zero-order valence-corrected chi connectivity index (χ0v) is 13.7. The van der Waals surface area contributed by atoms with Crippen LogP contribution in [0.25, 0.3) is 22.3 Å². The first-order valence-corrected chi connectivity index (χ1v) is 7.66. The quantitative estimate of drug-likeness (QED) is 0.647. The Balaban J connectivity index is 2.35. The third-order valence-electron chi connectivity index (χ3n) is 3.92. The summed E-state index contributed by atoms with van der Waals surface area (Å²) in [5.74, 6) is 0.257. The van der Waals surface area contributed by atoms with E-state index in [4.69, 9.17) is 9.47 Å². The fourth-order valence-corrected chi connectivity index (χ4v) is 2.82. The van der Waals surface area contributed by atoms with E-state index in [2.05, 4.69) is 0 Å². The second-order valence-electron chi connectivity index (χ2n) is 5.29. The van der Waals surface area contributed by atoms with Crippen LogP contribution in [0.1, 0.15) is 10.4 Å². The minimum Gasteiger partial charge on any atom is -0.496 e. The van der Waals surface area contributed by atoms with Gasteiger partial charge in [0.1, 0.15) is 5.75 Å². The molecule has 0 aromatic heterocycles. The Morgan fingerprint density at radius 2 is 1.33 bits per heavy atom. The SMILES string of the molecule is COC(=O)c1c(-c2ccccc2)ccc(OC)c1-c1ccccc1. The van der Waals surface area contributed by atoms with Gasteiger partial charge in [-0.3, -0.25) is 0 Å². The Hall–Kier alpha value is -3.07. The van der Waals surface area contributed by atoms with Crippen LogP contribution in [-0.2, 0) is 4.74 Å². The molecular formula is C21H18O3. The molecule has 0 saturated heterocycles. The lowest BCUT2D eigenvalue weighted by Crippen LogP contribution is -2.07. The lowest BCUT2D eigenvalue weighted by atomic mass is 9.91. The largest absolute Gasteiger partial charge is 0.496 e. The van der Waals surface area contributed by atoms with E-state index >= 15 is 0 Å². The summed E-state index contributed by atoms with van der Waals surface area (Å²) < 4.78 is 10.6. The van der Waals surface area contributed by atoms with E-state index in [1.54, 1.807) is 7.11 Å². The van der Waals surface area contributed by atoms with E-state index in [0.717, 1.165) is 22.3 Å². The summed E-state index contributed by atoms with van der Waals surface area (Å²) in [6.45, 7) is 0. The van der Waals surface area contributed by atoms with Crippen LogP contribution in [0.4, 0.5) is 0 Å². The highest BCUT2D eigenvalue weighted by Crippen LogP contribution is 2.39. The number of ether oxygens (including phenoxy) is 2. The van der Waals surface area contributed by atoms with Crippen molar-refractivity contribution in [2.45, 2.75) is 0 Å². The van der Waals surface area contributed by atoms with Crippen molar-refractivity contribution in [1.29, 1.82) is 0 Å². The lowest BCUT2D eigenvalue weighted by molar-refractivity contribution is 0.0602. The average Bonchev–Trinajstić information content (AvgIpc) is 2.67. The standard InChI is InChI=1S/C21H18O3/c1-23-18-14-13-17(15-9-5-3-6-10-15)20(21(22)24-2)19(18)16-11-7-4-8-12-16/h3-14H,1-2H3. The van der Waals surface area contributed by atoms with Crippen molar-refractivity contribution in [3.63, 3.8) is 0 Å². The van der Waals surface area contributed by atoms with Gasteiger partial charge in [0.25, 0.3) is 0 Å². The van der Waals surface area contributed by atoms with Gasteiger partial charge in [-0.05, 0) is 28.8 Å². The van der Waals surface area contributed by atoms with Crippen LogP contribution in [0.5, 0.6) is 5.75 Å². The molecule has 3 rings (SSSR count). The van der Waals surface area contributed by atoms with Crippen LogP contribution in [0, 0.1) is 0 Å². The van der Waals surface area contributed by atoms with Gasteiger partial charge in [-0.1, -0.05) is 60.7 Å². The highest BCUT2D eigenvalue weighted by molar-refractivity contribution is 6.05. The summed E-state index contributed by atoms with van der Waals surface area (Å²) in [4.78, 5) is 12.6. The molecule has 0 saturated carbocycles. The maximum atomic E-state index is 12.6. The van der Waals surface area contributed by atoms with E-state index in [-0.39, 0.29) is 5.97 Å². The first-order valence-electron chi connectivity index (χ1n) is 7.66. The van der Waals surface area contributed by atoms with Gasteiger partial charge < -0.3 is 9.47 Å². The third kappa shape index (κ3) is 2.88. The van der Waals surface area contributed by atoms with E-state index in [1.165, 1.54) is 7.11 Å². The number of hydrogen-bond acceptors (Lipinski definition) is 3. The van der Waals surface area contributed by atoms with Crippen molar-refractivity contribution in [3.05, 3.63) is 78.4 Å². The molecule has 3 aromatic carbocycles. The van der Waals surface area contributed by atoms with Crippen molar-refractivity contribution in [2.75, 3.05) is 14.2 Å². The average molecular weight is 318 g/mol. The van der Waals surface area contributed by atoms with Gasteiger partial charge in [-0.25, -0.2) is 4.79 Å². The molecule has 120 valence electrons. The highest BCUT2D eigenvalue weighted by Gasteiger charge is 2.23. The molecule has 24 heavy (non-hydrogen) atoms. The first kappa shape index (κ1) is 15.8. The van der Waals surface area contributed by atoms with Crippen LogP contribution < -0.4 is 4.74 Å². The maximum Gasteiger partial charge on any atom is 0.339 e. The van der Waals surface area contributed by atoms with E-state index in [9.17, 15) is 4.79 Å². The minimum atomic E-state index is -0.383. The number of hydrogen-bond donors (Lipinski definition) is 0. The number of methoxy groups -OCH3 is 2. The van der Waals surface area contributed by atoms with Gasteiger partial charge in [0.15, 0.2) is 0 Å². The Morgan fingerprint density at radius 1 is 0.750 bits per heavy atom. The summed E-state index contributed by atoms with van der Waals surface area (Å²) in [5.41, 5.74) is 3.94. The van der Waals surface area contributed by atoms with Crippen molar-refractivity contribution < 1.29 is 14.3 Å². The Labute approximate surface area is 141 Å². The van der Waals surface area contributed by atoms with Gasteiger partial charge in [0.05, 0.1) is 19.8 Å². The second kappa shape index (κ2) is 7.01. The molecule has 0 bridgehead atoms. The van der Waals surface area contributed by atoms with Gasteiger partial charge >= 0.3 is 5.97 Å². The summed E-state index contributed by atoms with van der Waals surface area (Å²) >= 11 is 0. The summed E-state index contributed by atoms with van der Waals surface area (Å²) in [6, 6.07) is 23.3. The number of carbonyl (C=O) groups excluding carboxylic acids is 1. The molecule has 0 atom stereocenters. The van der Waals surface area contributed by atoms with Crippen LogP contribution in [0.2, 0.25) is 0 Å². The molecule has 0 aliphatic rings. The van der Waals surface area contributed by atoms with Gasteiger partial charge in [0.2, 0.25) is 0 Å². The fraction of sp³-hybridized carbons (Fsp3) is 0.0952. The predicted octanol–water partition coefficient (Wildman–Crippen LogP) is 4.82. The van der Waals surface area contributed by atoms with E-state index < -0.39 is 0 Å². The van der Waals surface area contributed by atoms with Crippen molar-refractivity contribution in [2.24, 2.45) is 0 Å². The third-order valence-corrected chi connectivity index (χ3v) is 3.92. The predicted molar refractivity (Wildman–Crippen MR) is 95.2 cm³/mol. The van der Waals surface area contributed by atoms with Gasteiger partial charge in [0, 0.05) is 5.56 Å². The zero-order chi connectivity index (χ0) is 16.9. The first-order chi connectivity index (χ1) is 11.8. The smallest absolute Gasteiger partial charge is 0.339 e. The van der Waals surface area contributed by atoms with Crippen LogP contribution in [0.3, 0.4) is 0 Å². The van der Waals surface area contributed by atoms with Crippen LogP contribution >= 0.6 is 0 Å². The molecule has 0 aliphatic heterocycles. The second-order valence-corrected chi connectivity index (χ2v) is 5.29. The molecule has 0 radical (unpaired) electrons. The molecule has 3 heteroatoms. The van der Waals surface area contributed by atoms with Crippen LogP contribution in [-0.4, -0.2) is 20.2 Å². The normalized spacial score (nSPS) is 10.2. The lowest BCUT2D eigenvalue weighted by Gasteiger charge is -2.17. The fourth-order valence-electron chi connectivity index (χ4n) is 2.82. The molecule has 0 unspecified atom stereocenters. The van der Waals surface area contributed by atoms with Crippen molar-refractivity contribution in [1.82, 2.24) is 0 Å². The minimum absolute atomic E-state index is 0.383. The Bertz CT molecular complexity index is 840. The molecule has 3 aromatic rings. The van der Waals surface area contributed by atoms with Gasteiger partial charge in [-0.2, -0.15) is 0 Å². The molecule has 0 N–H and O–H groups in total. The number of benzene rings is 3. The van der Waals surface area contributed by atoms with Gasteiger partial charge in [-0.15, -0.1) is 0 Å². The summed E-state index contributed by atoms with van der Waals surface area (Å²) in [6.07, 6.45) is 0. The molecule has 0 spiro atoms. The number of rotatable bonds is 4. The monoisotopic (exact) mass is 318 g/mol. The topological polar surface area (TPSA) is 35.5 Å². The van der Waals surface area contributed by atoms with E-state index in [0.29, 0.717) is 11.3 Å². The molecular weight excluding hydrogens is 300 g/mol.